The maximum Gasteiger partial charge on any atom is 0.259 e. The van der Waals surface area contributed by atoms with Crippen LogP contribution in [0.4, 0.5) is 5.82 Å². The van der Waals surface area contributed by atoms with Crippen LogP contribution < -0.4 is 10.5 Å². The highest BCUT2D eigenvalue weighted by Crippen LogP contribution is 2.38. The van der Waals surface area contributed by atoms with Gasteiger partial charge in [0.15, 0.2) is 5.15 Å². The molecule has 1 atom stereocenters. The molecule has 0 spiro atoms. The van der Waals surface area contributed by atoms with E-state index in [2.05, 4.69) is 28.1 Å². The van der Waals surface area contributed by atoms with Crippen molar-refractivity contribution in [3.63, 3.8) is 0 Å². The predicted octanol–water partition coefficient (Wildman–Crippen LogP) is 3.50. The molecule has 1 aliphatic carbocycles. The highest BCUT2D eigenvalue weighted by molar-refractivity contribution is 6.31. The number of halogens is 1. The normalized spacial score (nSPS) is 17.9. The molecule has 0 aromatic carbocycles. The maximum absolute atomic E-state index is 6.37. The van der Waals surface area contributed by atoms with E-state index in [0.717, 1.165) is 24.0 Å². The molecule has 2 N–H and O–H groups in total. The average Bonchev–Trinajstić information content (AvgIpc) is 2.83. The van der Waals surface area contributed by atoms with Crippen LogP contribution in [0, 0.1) is 5.92 Å². The average molecular weight is 334 g/mol. The van der Waals surface area contributed by atoms with Crippen LogP contribution >= 0.6 is 11.6 Å². The van der Waals surface area contributed by atoms with E-state index < -0.39 is 0 Å². The summed E-state index contributed by atoms with van der Waals surface area (Å²) >= 11 is 6.37. The number of aromatic nitrogens is 4. The van der Waals surface area contributed by atoms with Crippen molar-refractivity contribution in [2.45, 2.75) is 33.1 Å². The van der Waals surface area contributed by atoms with Gasteiger partial charge in [-0.3, -0.25) is 0 Å². The zero-order valence-corrected chi connectivity index (χ0v) is 14.0. The Balaban J connectivity index is 2.08. The van der Waals surface area contributed by atoms with E-state index in [0.29, 0.717) is 35.2 Å². The molecule has 1 aliphatic rings. The molecular formula is C16H20ClN5O. The van der Waals surface area contributed by atoms with Gasteiger partial charge in [0.05, 0.1) is 12.2 Å². The molecule has 0 aliphatic heterocycles. The van der Waals surface area contributed by atoms with Gasteiger partial charge in [-0.05, 0) is 37.7 Å². The number of allylic oxidation sites excluding steroid dienone is 2. The lowest BCUT2D eigenvalue weighted by Crippen LogP contribution is -2.09. The molecule has 23 heavy (non-hydrogen) atoms. The first-order chi connectivity index (χ1) is 11.1. The predicted molar refractivity (Wildman–Crippen MR) is 90.7 cm³/mol. The number of hydrogen-bond donors (Lipinski definition) is 1. The quantitative estimate of drug-likeness (QED) is 0.926. The Bertz CT molecular complexity index is 740. The molecule has 3 rings (SSSR count). The van der Waals surface area contributed by atoms with Gasteiger partial charge in [-0.1, -0.05) is 24.6 Å². The summed E-state index contributed by atoms with van der Waals surface area (Å²) in [5.41, 5.74) is 8.28. The number of anilines is 1. The fourth-order valence-corrected chi connectivity index (χ4v) is 3.19. The second kappa shape index (κ2) is 6.58. The van der Waals surface area contributed by atoms with Crippen LogP contribution in [0.5, 0.6) is 5.88 Å². The third kappa shape index (κ3) is 3.03. The van der Waals surface area contributed by atoms with Crippen molar-refractivity contribution >= 4 is 23.0 Å². The van der Waals surface area contributed by atoms with E-state index in [1.807, 2.05) is 6.92 Å². The Kier molecular flexibility index (Phi) is 4.52. The van der Waals surface area contributed by atoms with Crippen molar-refractivity contribution in [1.82, 2.24) is 19.7 Å². The number of hydrogen-bond acceptors (Lipinski definition) is 5. The van der Waals surface area contributed by atoms with Gasteiger partial charge in [-0.25, -0.2) is 9.97 Å². The molecule has 0 fully saturated rings. The lowest BCUT2D eigenvalue weighted by Gasteiger charge is -2.17. The Morgan fingerprint density at radius 1 is 1.39 bits per heavy atom. The zero-order valence-electron chi connectivity index (χ0n) is 13.3. The molecule has 2 aromatic rings. The zero-order chi connectivity index (χ0) is 16.4. The van der Waals surface area contributed by atoms with Gasteiger partial charge < -0.3 is 10.5 Å². The monoisotopic (exact) mass is 333 g/mol. The lowest BCUT2D eigenvalue weighted by atomic mass is 9.89. The highest BCUT2D eigenvalue weighted by Gasteiger charge is 2.23. The Morgan fingerprint density at radius 3 is 2.91 bits per heavy atom. The number of nitrogens with zero attached hydrogens (tertiary/aromatic N) is 4. The standard InChI is InChI=1S/C16H20ClN5O/c1-3-23-16-15(19-7-8-20-16)22-14(18)12(13(17)21-22)11-6-4-5-10(2)9-11/h7-10H,3-6,18H2,1-2H3. The fourth-order valence-electron chi connectivity index (χ4n) is 2.90. The summed E-state index contributed by atoms with van der Waals surface area (Å²) in [6.07, 6.45) is 8.65. The minimum atomic E-state index is 0.385. The summed E-state index contributed by atoms with van der Waals surface area (Å²) in [7, 11) is 0. The van der Waals surface area contributed by atoms with Crippen molar-refractivity contribution in [3.8, 4) is 11.7 Å². The summed E-state index contributed by atoms with van der Waals surface area (Å²) < 4.78 is 7.02. The maximum atomic E-state index is 6.37. The Morgan fingerprint density at radius 2 is 2.17 bits per heavy atom. The number of ether oxygens (including phenoxy) is 1. The van der Waals surface area contributed by atoms with Gasteiger partial charge in [0.1, 0.15) is 5.82 Å². The second-order valence-electron chi connectivity index (χ2n) is 5.64. The molecule has 0 saturated heterocycles. The number of nitrogens with two attached hydrogens (primary N) is 1. The van der Waals surface area contributed by atoms with Crippen LogP contribution in [0.25, 0.3) is 11.4 Å². The lowest BCUT2D eigenvalue weighted by molar-refractivity contribution is 0.323. The van der Waals surface area contributed by atoms with Crippen molar-refractivity contribution in [1.29, 1.82) is 0 Å². The third-order valence-electron chi connectivity index (χ3n) is 3.92. The molecule has 2 aromatic heterocycles. The molecule has 0 saturated carbocycles. The second-order valence-corrected chi connectivity index (χ2v) is 6.00. The molecule has 0 amide bonds. The Hall–Kier alpha value is -2.08. The van der Waals surface area contributed by atoms with Crippen molar-refractivity contribution in [2.24, 2.45) is 5.92 Å². The largest absolute Gasteiger partial charge is 0.475 e. The molecule has 2 heterocycles. The summed E-state index contributed by atoms with van der Waals surface area (Å²) in [5, 5.41) is 4.74. The molecular weight excluding hydrogens is 314 g/mol. The molecule has 1 unspecified atom stereocenters. The summed E-state index contributed by atoms with van der Waals surface area (Å²) in [4.78, 5) is 8.49. The van der Waals surface area contributed by atoms with Gasteiger partial charge >= 0.3 is 0 Å². The van der Waals surface area contributed by atoms with Gasteiger partial charge in [0, 0.05) is 12.4 Å². The fraction of sp³-hybridized carbons (Fsp3) is 0.438. The van der Waals surface area contributed by atoms with Crippen LogP contribution in [0.3, 0.4) is 0 Å². The van der Waals surface area contributed by atoms with E-state index in [1.54, 1.807) is 12.4 Å². The summed E-state index contributed by atoms with van der Waals surface area (Å²) in [6.45, 7) is 4.57. The van der Waals surface area contributed by atoms with Gasteiger partial charge in [-0.15, -0.1) is 0 Å². The third-order valence-corrected chi connectivity index (χ3v) is 4.18. The van der Waals surface area contributed by atoms with Crippen molar-refractivity contribution < 1.29 is 4.74 Å². The highest BCUT2D eigenvalue weighted by atomic mass is 35.5. The van der Waals surface area contributed by atoms with E-state index in [-0.39, 0.29) is 0 Å². The van der Waals surface area contributed by atoms with Crippen LogP contribution in [-0.4, -0.2) is 26.4 Å². The van der Waals surface area contributed by atoms with Gasteiger partial charge in [-0.2, -0.15) is 9.78 Å². The van der Waals surface area contributed by atoms with E-state index in [1.165, 1.54) is 11.1 Å². The van der Waals surface area contributed by atoms with Crippen LogP contribution in [0.1, 0.15) is 38.7 Å². The number of nitrogen functional groups attached to an aromatic ring is 1. The SMILES string of the molecule is CCOc1nccnc1-n1nc(Cl)c(C2=CC(C)CCC2)c1N. The minimum Gasteiger partial charge on any atom is -0.475 e. The topological polar surface area (TPSA) is 78.9 Å². The number of rotatable bonds is 4. The molecule has 0 radical (unpaired) electrons. The Labute approximate surface area is 140 Å². The first-order valence-electron chi connectivity index (χ1n) is 7.81. The molecule has 122 valence electrons. The van der Waals surface area contributed by atoms with Crippen LogP contribution in [-0.2, 0) is 0 Å². The minimum absolute atomic E-state index is 0.385. The van der Waals surface area contributed by atoms with Gasteiger partial charge in [0.2, 0.25) is 5.82 Å². The van der Waals surface area contributed by atoms with Gasteiger partial charge in [0.25, 0.3) is 5.88 Å². The molecule has 0 bridgehead atoms. The van der Waals surface area contributed by atoms with E-state index in [9.17, 15) is 0 Å². The molecule has 6 nitrogen and oxygen atoms in total. The first-order valence-corrected chi connectivity index (χ1v) is 8.18. The van der Waals surface area contributed by atoms with E-state index in [4.69, 9.17) is 22.1 Å². The van der Waals surface area contributed by atoms with Crippen LogP contribution in [0.2, 0.25) is 5.15 Å². The van der Waals surface area contributed by atoms with Crippen LogP contribution in [0.15, 0.2) is 18.5 Å². The summed E-state index contributed by atoms with van der Waals surface area (Å²) in [5.74, 6) is 1.83. The first kappa shape index (κ1) is 15.8. The van der Waals surface area contributed by atoms with Crippen molar-refractivity contribution in [3.05, 3.63) is 29.2 Å². The summed E-state index contributed by atoms with van der Waals surface area (Å²) in [6, 6.07) is 0. The van der Waals surface area contributed by atoms with Crippen molar-refractivity contribution in [2.75, 3.05) is 12.3 Å². The molecule has 7 heteroatoms. The smallest absolute Gasteiger partial charge is 0.259 e. The van der Waals surface area contributed by atoms with E-state index >= 15 is 0 Å².